The number of thioether (sulfide) groups is 1. The summed E-state index contributed by atoms with van der Waals surface area (Å²) in [6.07, 6.45) is -1.42. The van der Waals surface area contributed by atoms with Gasteiger partial charge < -0.3 is 29.9 Å². The molecule has 11 nitrogen and oxygen atoms in total. The van der Waals surface area contributed by atoms with E-state index in [0.29, 0.717) is 53.3 Å². The fraction of sp³-hybridized carbons (Fsp3) is 0.411. The van der Waals surface area contributed by atoms with Crippen LogP contribution in [0.5, 0.6) is 0 Å². The third kappa shape index (κ3) is 17.0. The molecule has 0 fully saturated rings. The second-order valence-electron chi connectivity index (χ2n) is 19.7. The van der Waals surface area contributed by atoms with Crippen LogP contribution in [0, 0.1) is 0 Å². The molecule has 0 saturated carbocycles. The van der Waals surface area contributed by atoms with Gasteiger partial charge in [-0.2, -0.15) is 13.2 Å². The summed E-state index contributed by atoms with van der Waals surface area (Å²) in [5, 5.41) is 5.77. The van der Waals surface area contributed by atoms with Crippen molar-refractivity contribution in [2.75, 3.05) is 37.0 Å². The molecule has 0 bridgehead atoms. The summed E-state index contributed by atoms with van der Waals surface area (Å²) in [6.45, 7) is 19.3. The lowest BCUT2D eigenvalue weighted by Crippen LogP contribution is -2.46. The molecule has 15 heteroatoms. The number of hydrogen-bond acceptors (Lipinski definition) is 9. The van der Waals surface area contributed by atoms with E-state index in [2.05, 4.69) is 20.5 Å². The van der Waals surface area contributed by atoms with Crippen LogP contribution in [-0.4, -0.2) is 77.1 Å². The topological polar surface area (TPSA) is 130 Å². The van der Waals surface area contributed by atoms with Crippen molar-refractivity contribution < 1.29 is 41.8 Å². The highest BCUT2D eigenvalue weighted by atomic mass is 32.2. The van der Waals surface area contributed by atoms with Gasteiger partial charge in [0.05, 0.1) is 29.0 Å². The van der Waals surface area contributed by atoms with Gasteiger partial charge in [-0.15, -0.1) is 11.8 Å². The number of nitrogens with one attached hydrogen (secondary N) is 2. The second kappa shape index (κ2) is 24.3. The van der Waals surface area contributed by atoms with Crippen LogP contribution in [0.3, 0.4) is 0 Å². The van der Waals surface area contributed by atoms with Crippen molar-refractivity contribution in [2.24, 2.45) is 0 Å². The number of esters is 1. The SMILES string of the molecule is CCN(CC)c1ccc(NC(=O)c2cccc(CSc3cccc(CC(=O)N(C)C(C)(C)CCOC(C)(C)CCC(=O)OC(C)(C)C)c3)c2)c(-c2cc(C(=O)NCc3cccc(C(F)(F)F)c3)ccn2)c1. The maximum atomic E-state index is 14.0. The minimum atomic E-state index is -4.50. The molecule has 5 aromatic rings. The highest BCUT2D eigenvalue weighted by Crippen LogP contribution is 2.34. The van der Waals surface area contributed by atoms with E-state index in [0.717, 1.165) is 46.9 Å². The zero-order valence-corrected chi connectivity index (χ0v) is 43.4. The number of aromatic nitrogens is 1. The molecular weight excluding hydrogens is 928 g/mol. The highest BCUT2D eigenvalue weighted by molar-refractivity contribution is 7.98. The number of amides is 3. The minimum absolute atomic E-state index is 0.0210. The molecule has 71 heavy (non-hydrogen) atoms. The molecule has 3 amide bonds. The Labute approximate surface area is 421 Å². The molecule has 4 aromatic carbocycles. The number of carbonyl (C=O) groups is 4. The van der Waals surface area contributed by atoms with Gasteiger partial charge in [0.1, 0.15) is 5.60 Å². The Kier molecular flexibility index (Phi) is 19.1. The van der Waals surface area contributed by atoms with E-state index in [4.69, 9.17) is 9.47 Å². The number of ether oxygens (including phenoxy) is 2. The van der Waals surface area contributed by atoms with E-state index < -0.39 is 34.4 Å². The Bertz CT molecular complexity index is 2640. The number of hydrogen-bond donors (Lipinski definition) is 2. The van der Waals surface area contributed by atoms with Crippen molar-refractivity contribution in [3.63, 3.8) is 0 Å². The number of likely N-dealkylation sites (N-methyl/N-ethyl adjacent to an activating group) is 1. The van der Waals surface area contributed by atoms with Crippen LogP contribution in [0.1, 0.15) is 125 Å². The molecule has 0 spiro atoms. The molecular formula is C56H68F3N5O6S. The van der Waals surface area contributed by atoms with E-state index in [1.54, 1.807) is 28.8 Å². The Morgan fingerprint density at radius 2 is 1.41 bits per heavy atom. The maximum Gasteiger partial charge on any atom is 0.416 e. The van der Waals surface area contributed by atoms with Gasteiger partial charge in [-0.25, -0.2) is 0 Å². The second-order valence-corrected chi connectivity index (χ2v) is 20.7. The first-order valence-electron chi connectivity index (χ1n) is 23.9. The number of nitrogens with zero attached hydrogens (tertiary/aromatic N) is 3. The van der Waals surface area contributed by atoms with Crippen molar-refractivity contribution in [1.82, 2.24) is 15.2 Å². The molecule has 0 aliphatic rings. The first kappa shape index (κ1) is 55.7. The molecule has 1 heterocycles. The Balaban J connectivity index is 1.21. The molecule has 0 atom stereocenters. The summed E-state index contributed by atoms with van der Waals surface area (Å²) in [6, 6.07) is 28.9. The van der Waals surface area contributed by atoms with E-state index in [-0.39, 0.29) is 42.7 Å². The van der Waals surface area contributed by atoms with Crippen LogP contribution >= 0.6 is 11.8 Å². The Morgan fingerprint density at radius 3 is 2.11 bits per heavy atom. The summed E-state index contributed by atoms with van der Waals surface area (Å²) in [7, 11) is 1.81. The highest BCUT2D eigenvalue weighted by Gasteiger charge is 2.31. The fourth-order valence-electron chi connectivity index (χ4n) is 7.65. The van der Waals surface area contributed by atoms with Crippen LogP contribution in [0.15, 0.2) is 114 Å². The standard InChI is InChI=1S/C56H68F3N5O6S/c1-11-64(12-2)44-22-23-47(46(35-44)48-34-42(25-28-60-48)51(67)61-36-39-17-14-20-43(31-39)56(57,58)59)62-52(68)41-19-13-18-40(30-41)37-71-45-21-15-16-38(32-45)33-49(65)63(10)54(6,7)27-29-69-55(8,9)26-24-50(66)70-53(3,4)5/h13-23,25,28,30-32,34-35H,11-12,24,26-27,29,33,36-37H2,1-10H3,(H,61,67)(H,62,68). The molecule has 0 aliphatic carbocycles. The number of halogens is 3. The normalized spacial score (nSPS) is 12.0. The fourth-order valence-corrected chi connectivity index (χ4v) is 8.57. The van der Waals surface area contributed by atoms with E-state index in [1.807, 2.05) is 130 Å². The molecule has 1 aromatic heterocycles. The smallest absolute Gasteiger partial charge is 0.416 e. The number of alkyl halides is 3. The molecule has 0 saturated heterocycles. The average Bonchev–Trinajstić information content (AvgIpc) is 3.32. The zero-order valence-electron chi connectivity index (χ0n) is 42.6. The summed E-state index contributed by atoms with van der Waals surface area (Å²) in [5.74, 6) is -0.547. The van der Waals surface area contributed by atoms with Gasteiger partial charge in [0.2, 0.25) is 5.91 Å². The van der Waals surface area contributed by atoms with E-state index in [9.17, 15) is 32.3 Å². The molecule has 380 valence electrons. The number of rotatable bonds is 22. The quantitative estimate of drug-likeness (QED) is 0.0514. The Hall–Kier alpha value is -6.19. The molecule has 5 rings (SSSR count). The molecule has 0 aliphatic heterocycles. The summed E-state index contributed by atoms with van der Waals surface area (Å²) < 4.78 is 51.5. The largest absolute Gasteiger partial charge is 0.460 e. The van der Waals surface area contributed by atoms with Crippen molar-refractivity contribution >= 4 is 46.8 Å². The predicted octanol–water partition coefficient (Wildman–Crippen LogP) is 12.2. The van der Waals surface area contributed by atoms with Gasteiger partial charge in [0.15, 0.2) is 0 Å². The number of anilines is 2. The van der Waals surface area contributed by atoms with Gasteiger partial charge in [-0.1, -0.05) is 36.4 Å². The first-order valence-corrected chi connectivity index (χ1v) is 24.9. The van der Waals surface area contributed by atoms with Crippen LogP contribution in [0.2, 0.25) is 0 Å². The van der Waals surface area contributed by atoms with Gasteiger partial charge in [0, 0.05) is 84.5 Å². The summed E-state index contributed by atoms with van der Waals surface area (Å²) in [4.78, 5) is 62.6. The molecule has 2 N–H and O–H groups in total. The monoisotopic (exact) mass is 995 g/mol. The van der Waals surface area contributed by atoms with Gasteiger partial charge in [0.25, 0.3) is 11.8 Å². The van der Waals surface area contributed by atoms with E-state index >= 15 is 0 Å². The van der Waals surface area contributed by atoms with Gasteiger partial charge >= 0.3 is 12.1 Å². The minimum Gasteiger partial charge on any atom is -0.460 e. The Morgan fingerprint density at radius 1 is 0.732 bits per heavy atom. The number of pyridine rings is 1. The molecule has 0 radical (unpaired) electrons. The predicted molar refractivity (Wildman–Crippen MR) is 277 cm³/mol. The van der Waals surface area contributed by atoms with Gasteiger partial charge in [-0.05, 0) is 159 Å². The van der Waals surface area contributed by atoms with Crippen LogP contribution in [0.25, 0.3) is 11.3 Å². The van der Waals surface area contributed by atoms with Crippen LogP contribution in [-0.2, 0) is 44.0 Å². The summed E-state index contributed by atoms with van der Waals surface area (Å²) in [5.41, 5.74) is 2.82. The lowest BCUT2D eigenvalue weighted by Gasteiger charge is -2.37. The van der Waals surface area contributed by atoms with Crippen molar-refractivity contribution in [3.05, 3.63) is 143 Å². The summed E-state index contributed by atoms with van der Waals surface area (Å²) >= 11 is 1.60. The van der Waals surface area contributed by atoms with E-state index in [1.165, 1.54) is 24.4 Å². The van der Waals surface area contributed by atoms with Gasteiger partial charge in [-0.3, -0.25) is 24.2 Å². The average molecular weight is 996 g/mol. The lowest BCUT2D eigenvalue weighted by molar-refractivity contribution is -0.156. The lowest BCUT2D eigenvalue weighted by atomic mass is 9.97. The van der Waals surface area contributed by atoms with Crippen molar-refractivity contribution in [3.8, 4) is 11.3 Å². The zero-order chi connectivity index (χ0) is 52.1. The number of carbonyl (C=O) groups excluding carboxylic acids is 4. The molecule has 0 unspecified atom stereocenters. The van der Waals surface area contributed by atoms with Crippen molar-refractivity contribution in [1.29, 1.82) is 0 Å². The van der Waals surface area contributed by atoms with Crippen LogP contribution < -0.4 is 15.5 Å². The van der Waals surface area contributed by atoms with Crippen molar-refractivity contribution in [2.45, 2.75) is 128 Å². The maximum absolute atomic E-state index is 14.0. The first-order chi connectivity index (χ1) is 33.4. The third-order valence-corrected chi connectivity index (χ3v) is 13.1. The van der Waals surface area contributed by atoms with Crippen LogP contribution in [0.4, 0.5) is 24.5 Å². The third-order valence-electron chi connectivity index (χ3n) is 12.1. The number of benzene rings is 4.